The topological polar surface area (TPSA) is 84.4 Å². The van der Waals surface area contributed by atoms with Crippen LogP contribution in [0.15, 0.2) is 22.6 Å². The van der Waals surface area contributed by atoms with Crippen LogP contribution in [0, 0.1) is 0 Å². The minimum Gasteiger partial charge on any atom is -0.424 e. The number of amides is 1. The third kappa shape index (κ3) is 2.60. The molecule has 6 nitrogen and oxygen atoms in total. The van der Waals surface area contributed by atoms with Crippen LogP contribution >= 0.6 is 0 Å². The molecule has 0 aliphatic rings. The van der Waals surface area contributed by atoms with E-state index >= 15 is 0 Å². The Bertz CT molecular complexity index is 562. The Labute approximate surface area is 105 Å². The Balaban J connectivity index is 2.22. The molecular weight excluding hydrogens is 232 g/mol. The molecule has 96 valence electrons. The number of hydrogen-bond acceptors (Lipinski definition) is 5. The highest BCUT2D eigenvalue weighted by Crippen LogP contribution is 2.21. The molecule has 1 heterocycles. The molecule has 0 aliphatic carbocycles. The molecule has 18 heavy (non-hydrogen) atoms. The lowest BCUT2D eigenvalue weighted by Crippen LogP contribution is -2.20. The molecule has 3 N–H and O–H groups in total. The van der Waals surface area contributed by atoms with Gasteiger partial charge in [0, 0.05) is 13.1 Å². The number of nitrogens with zero attached hydrogens (tertiary/aromatic N) is 2. The van der Waals surface area contributed by atoms with Crippen LogP contribution < -0.4 is 11.1 Å². The van der Waals surface area contributed by atoms with E-state index in [-0.39, 0.29) is 0 Å². The molecule has 0 bridgehead atoms. The van der Waals surface area contributed by atoms with Gasteiger partial charge in [-0.25, -0.2) is 0 Å². The van der Waals surface area contributed by atoms with Crippen molar-refractivity contribution in [2.24, 2.45) is 5.73 Å². The quantitative estimate of drug-likeness (QED) is 0.821. The van der Waals surface area contributed by atoms with Crippen molar-refractivity contribution in [1.82, 2.24) is 9.88 Å². The van der Waals surface area contributed by atoms with Crippen molar-refractivity contribution in [2.45, 2.75) is 0 Å². The number of oxazole rings is 1. The smallest absolute Gasteiger partial charge is 0.295 e. The van der Waals surface area contributed by atoms with Gasteiger partial charge in [0.15, 0.2) is 5.58 Å². The molecule has 0 saturated carbocycles. The van der Waals surface area contributed by atoms with Gasteiger partial charge in [-0.05, 0) is 26.2 Å². The molecule has 2 aromatic rings. The first kappa shape index (κ1) is 12.4. The van der Waals surface area contributed by atoms with Gasteiger partial charge in [-0.15, -0.1) is 0 Å². The standard InChI is InChI=1S/C12H16N4O2/c1-16(2)7-6-14-12-15-10-8(11(13)17)4-3-5-9(10)18-12/h3-5H,6-7H2,1-2H3,(H2,13,17)(H,14,15). The maximum atomic E-state index is 11.2. The van der Waals surface area contributed by atoms with Gasteiger partial charge in [-0.1, -0.05) is 6.07 Å². The van der Waals surface area contributed by atoms with E-state index in [0.717, 1.165) is 6.54 Å². The van der Waals surface area contributed by atoms with Crippen LogP contribution in [-0.4, -0.2) is 43.0 Å². The lowest BCUT2D eigenvalue weighted by atomic mass is 10.2. The number of rotatable bonds is 5. The number of hydrogen-bond donors (Lipinski definition) is 2. The maximum Gasteiger partial charge on any atom is 0.295 e. The number of primary amides is 1. The molecule has 0 unspecified atom stereocenters. The van der Waals surface area contributed by atoms with E-state index in [2.05, 4.69) is 10.3 Å². The number of para-hydroxylation sites is 1. The highest BCUT2D eigenvalue weighted by atomic mass is 16.4. The molecule has 2 rings (SSSR count). The Kier molecular flexibility index (Phi) is 3.47. The molecule has 0 spiro atoms. The number of carbonyl (C=O) groups is 1. The Hall–Kier alpha value is -2.08. The fourth-order valence-electron chi connectivity index (χ4n) is 1.61. The molecule has 0 saturated heterocycles. The van der Waals surface area contributed by atoms with Gasteiger partial charge in [0.25, 0.3) is 11.9 Å². The summed E-state index contributed by atoms with van der Waals surface area (Å²) in [7, 11) is 3.97. The summed E-state index contributed by atoms with van der Waals surface area (Å²) in [6, 6.07) is 5.51. The van der Waals surface area contributed by atoms with E-state index in [1.165, 1.54) is 0 Å². The fraction of sp³-hybridized carbons (Fsp3) is 0.333. The number of likely N-dealkylation sites (N-methyl/N-ethyl adjacent to an activating group) is 1. The van der Waals surface area contributed by atoms with E-state index in [1.807, 2.05) is 19.0 Å². The Morgan fingerprint density at radius 2 is 2.28 bits per heavy atom. The number of fused-ring (bicyclic) bond motifs is 1. The highest BCUT2D eigenvalue weighted by Gasteiger charge is 2.12. The first-order valence-corrected chi connectivity index (χ1v) is 5.66. The predicted octanol–water partition coefficient (Wildman–Crippen LogP) is 0.900. The lowest BCUT2D eigenvalue weighted by Gasteiger charge is -2.08. The van der Waals surface area contributed by atoms with Crippen LogP contribution in [0.2, 0.25) is 0 Å². The zero-order valence-corrected chi connectivity index (χ0v) is 10.4. The summed E-state index contributed by atoms with van der Waals surface area (Å²) < 4.78 is 5.49. The highest BCUT2D eigenvalue weighted by molar-refractivity contribution is 6.03. The SMILES string of the molecule is CN(C)CCNc1nc2c(C(N)=O)cccc2o1. The second kappa shape index (κ2) is 5.05. The predicted molar refractivity (Wildman–Crippen MR) is 69.6 cm³/mol. The van der Waals surface area contributed by atoms with E-state index in [0.29, 0.717) is 29.2 Å². The molecule has 0 radical (unpaired) electrons. The van der Waals surface area contributed by atoms with Crippen LogP contribution in [0.25, 0.3) is 11.1 Å². The lowest BCUT2D eigenvalue weighted by molar-refractivity contribution is 0.100. The third-order valence-electron chi connectivity index (χ3n) is 2.52. The molecule has 0 aliphatic heterocycles. The van der Waals surface area contributed by atoms with E-state index < -0.39 is 5.91 Å². The number of anilines is 1. The average Bonchev–Trinajstić information content (AvgIpc) is 2.70. The van der Waals surface area contributed by atoms with Crippen molar-refractivity contribution in [2.75, 3.05) is 32.5 Å². The van der Waals surface area contributed by atoms with Crippen molar-refractivity contribution < 1.29 is 9.21 Å². The Morgan fingerprint density at radius 3 is 2.94 bits per heavy atom. The van der Waals surface area contributed by atoms with Crippen molar-refractivity contribution in [3.8, 4) is 0 Å². The van der Waals surface area contributed by atoms with Gasteiger partial charge in [-0.2, -0.15) is 4.98 Å². The first-order valence-electron chi connectivity index (χ1n) is 5.66. The molecular formula is C12H16N4O2. The van der Waals surface area contributed by atoms with Crippen LogP contribution in [0.4, 0.5) is 6.01 Å². The van der Waals surface area contributed by atoms with E-state index in [4.69, 9.17) is 10.2 Å². The van der Waals surface area contributed by atoms with Crippen LogP contribution in [0.5, 0.6) is 0 Å². The first-order chi connectivity index (χ1) is 8.58. The summed E-state index contributed by atoms with van der Waals surface area (Å²) in [6.07, 6.45) is 0. The summed E-state index contributed by atoms with van der Waals surface area (Å²) in [5, 5.41) is 3.06. The fourth-order valence-corrected chi connectivity index (χ4v) is 1.61. The second-order valence-corrected chi connectivity index (χ2v) is 4.27. The van der Waals surface area contributed by atoms with Gasteiger partial charge in [0.05, 0.1) is 5.56 Å². The summed E-state index contributed by atoms with van der Waals surface area (Å²) in [5.41, 5.74) is 6.71. The minimum absolute atomic E-state index is 0.372. The monoisotopic (exact) mass is 248 g/mol. The molecule has 0 fully saturated rings. The second-order valence-electron chi connectivity index (χ2n) is 4.27. The van der Waals surface area contributed by atoms with Gasteiger partial charge >= 0.3 is 0 Å². The largest absolute Gasteiger partial charge is 0.424 e. The number of carbonyl (C=O) groups excluding carboxylic acids is 1. The van der Waals surface area contributed by atoms with Gasteiger partial charge < -0.3 is 20.4 Å². The molecule has 6 heteroatoms. The minimum atomic E-state index is -0.506. The van der Waals surface area contributed by atoms with Crippen molar-refractivity contribution >= 4 is 23.0 Å². The zero-order valence-electron chi connectivity index (χ0n) is 10.4. The van der Waals surface area contributed by atoms with E-state index in [9.17, 15) is 4.79 Å². The van der Waals surface area contributed by atoms with E-state index in [1.54, 1.807) is 18.2 Å². The van der Waals surface area contributed by atoms with Crippen molar-refractivity contribution in [1.29, 1.82) is 0 Å². The average molecular weight is 248 g/mol. The number of nitrogens with two attached hydrogens (primary N) is 1. The van der Waals surface area contributed by atoms with Crippen LogP contribution in [0.1, 0.15) is 10.4 Å². The van der Waals surface area contributed by atoms with Gasteiger partial charge in [0.1, 0.15) is 5.52 Å². The molecule has 1 aromatic carbocycles. The van der Waals surface area contributed by atoms with Gasteiger partial charge in [-0.3, -0.25) is 4.79 Å². The summed E-state index contributed by atoms with van der Waals surface area (Å²) in [5.74, 6) is -0.506. The number of aromatic nitrogens is 1. The van der Waals surface area contributed by atoms with Crippen molar-refractivity contribution in [3.63, 3.8) is 0 Å². The normalized spacial score (nSPS) is 11.1. The van der Waals surface area contributed by atoms with Crippen LogP contribution in [0.3, 0.4) is 0 Å². The van der Waals surface area contributed by atoms with Crippen LogP contribution in [-0.2, 0) is 0 Å². The summed E-state index contributed by atoms with van der Waals surface area (Å²) in [6.45, 7) is 1.58. The maximum absolute atomic E-state index is 11.2. The molecule has 1 aromatic heterocycles. The molecule has 0 atom stereocenters. The summed E-state index contributed by atoms with van der Waals surface area (Å²) >= 11 is 0. The van der Waals surface area contributed by atoms with Crippen molar-refractivity contribution in [3.05, 3.63) is 23.8 Å². The summed E-state index contributed by atoms with van der Waals surface area (Å²) in [4.78, 5) is 17.5. The molecule has 1 amide bonds. The third-order valence-corrected chi connectivity index (χ3v) is 2.52. The zero-order chi connectivity index (χ0) is 13.1. The van der Waals surface area contributed by atoms with Gasteiger partial charge in [0.2, 0.25) is 0 Å². The number of nitrogens with one attached hydrogen (secondary N) is 1. The number of benzene rings is 1. The Morgan fingerprint density at radius 1 is 1.50 bits per heavy atom.